The molecule has 0 saturated carbocycles. The highest BCUT2D eigenvalue weighted by Gasteiger charge is 2.22. The summed E-state index contributed by atoms with van der Waals surface area (Å²) in [7, 11) is -3.56. The second-order valence-corrected chi connectivity index (χ2v) is 7.19. The first-order chi connectivity index (χ1) is 10.0. The number of hydrogen-bond acceptors (Lipinski definition) is 5. The minimum Gasteiger partial charge on any atom is -0.325 e. The molecule has 0 radical (unpaired) electrons. The van der Waals surface area contributed by atoms with Crippen LogP contribution < -0.4 is 10.5 Å². The van der Waals surface area contributed by atoms with Crippen molar-refractivity contribution in [3.8, 4) is 0 Å². The quantitative estimate of drug-likeness (QED) is 0.807. The van der Waals surface area contributed by atoms with Crippen LogP contribution in [0, 0.1) is 0 Å². The van der Waals surface area contributed by atoms with E-state index in [-0.39, 0.29) is 17.5 Å². The van der Waals surface area contributed by atoms with E-state index >= 15 is 0 Å². The smallest absolute Gasteiger partial charge is 0.242 e. The molecule has 7 heteroatoms. The average molecular weight is 312 g/mol. The Morgan fingerprint density at radius 2 is 2.10 bits per heavy atom. The van der Waals surface area contributed by atoms with Crippen molar-refractivity contribution in [3.05, 3.63) is 24.0 Å². The van der Waals surface area contributed by atoms with Crippen LogP contribution in [0.25, 0.3) is 0 Å². The maximum Gasteiger partial charge on any atom is 0.242 e. The van der Waals surface area contributed by atoms with Gasteiger partial charge in [0.2, 0.25) is 10.0 Å². The lowest BCUT2D eigenvalue weighted by Gasteiger charge is -2.32. The van der Waals surface area contributed by atoms with Crippen molar-refractivity contribution in [2.24, 2.45) is 5.73 Å². The third-order valence-electron chi connectivity index (χ3n) is 3.91. The number of pyridine rings is 1. The maximum atomic E-state index is 12.4. The molecule has 0 bridgehead atoms. The number of hydrogen-bond donors (Lipinski definition) is 2. The molecule has 1 aromatic rings. The molecule has 0 spiro atoms. The second-order valence-electron chi connectivity index (χ2n) is 5.45. The van der Waals surface area contributed by atoms with E-state index in [0.717, 1.165) is 13.1 Å². The van der Waals surface area contributed by atoms with Crippen molar-refractivity contribution in [1.82, 2.24) is 14.6 Å². The molecule has 2 rings (SSSR count). The predicted molar refractivity (Wildman–Crippen MR) is 82.2 cm³/mol. The normalized spacial score (nSPS) is 18.6. The van der Waals surface area contributed by atoms with Crippen LogP contribution in [0.5, 0.6) is 0 Å². The summed E-state index contributed by atoms with van der Waals surface area (Å²) in [4.78, 5) is 6.54. The van der Waals surface area contributed by atoms with Crippen LogP contribution in [-0.2, 0) is 16.6 Å². The van der Waals surface area contributed by atoms with E-state index in [1.54, 1.807) is 18.3 Å². The number of nitrogens with one attached hydrogen (secondary N) is 1. The lowest BCUT2D eigenvalue weighted by Crippen LogP contribution is -2.44. The molecule has 3 N–H and O–H groups in total. The Morgan fingerprint density at radius 3 is 2.76 bits per heavy atom. The molecule has 1 atom stereocenters. The van der Waals surface area contributed by atoms with Crippen LogP contribution in [0.3, 0.4) is 0 Å². The zero-order valence-electron chi connectivity index (χ0n) is 12.5. The van der Waals surface area contributed by atoms with Gasteiger partial charge in [-0.15, -0.1) is 0 Å². The summed E-state index contributed by atoms with van der Waals surface area (Å²) in [5.41, 5.74) is 5.96. The number of rotatable bonds is 6. The highest BCUT2D eigenvalue weighted by molar-refractivity contribution is 7.89. The van der Waals surface area contributed by atoms with Gasteiger partial charge in [0.1, 0.15) is 4.90 Å². The van der Waals surface area contributed by atoms with Crippen LogP contribution in [0.15, 0.2) is 23.2 Å². The molecule has 1 aliphatic rings. The molecule has 0 amide bonds. The van der Waals surface area contributed by atoms with Crippen molar-refractivity contribution in [1.29, 1.82) is 0 Å². The van der Waals surface area contributed by atoms with E-state index in [4.69, 9.17) is 5.73 Å². The minimum absolute atomic E-state index is 0.110. The first-order valence-corrected chi connectivity index (χ1v) is 8.90. The number of aromatic nitrogens is 1. The van der Waals surface area contributed by atoms with Gasteiger partial charge < -0.3 is 5.73 Å². The van der Waals surface area contributed by atoms with Crippen LogP contribution in [-0.4, -0.2) is 44.0 Å². The fourth-order valence-electron chi connectivity index (χ4n) is 2.62. The molecule has 21 heavy (non-hydrogen) atoms. The number of likely N-dealkylation sites (tertiary alicyclic amines) is 1. The zero-order chi connectivity index (χ0) is 15.3. The fourth-order valence-corrected chi connectivity index (χ4v) is 3.94. The summed E-state index contributed by atoms with van der Waals surface area (Å²) >= 11 is 0. The lowest BCUT2D eigenvalue weighted by molar-refractivity contribution is 0.175. The Morgan fingerprint density at radius 1 is 1.38 bits per heavy atom. The molecule has 118 valence electrons. The van der Waals surface area contributed by atoms with E-state index in [1.807, 2.05) is 0 Å². The van der Waals surface area contributed by atoms with Crippen LogP contribution >= 0.6 is 0 Å². The Hall–Kier alpha value is -1.02. The maximum absolute atomic E-state index is 12.4. The first-order valence-electron chi connectivity index (χ1n) is 7.42. The highest BCUT2D eigenvalue weighted by atomic mass is 32.2. The first kappa shape index (κ1) is 16.4. The van der Waals surface area contributed by atoms with Crippen molar-refractivity contribution in [2.75, 3.05) is 19.6 Å². The van der Waals surface area contributed by atoms with Gasteiger partial charge in [0.05, 0.1) is 5.69 Å². The predicted octanol–water partition coefficient (Wildman–Crippen LogP) is 0.693. The Bertz CT molecular complexity index is 556. The Labute approximate surface area is 126 Å². The van der Waals surface area contributed by atoms with Gasteiger partial charge in [-0.25, -0.2) is 13.1 Å². The number of sulfonamides is 1. The van der Waals surface area contributed by atoms with Gasteiger partial charge in [-0.05, 0) is 45.0 Å². The van der Waals surface area contributed by atoms with E-state index in [0.29, 0.717) is 12.2 Å². The minimum atomic E-state index is -3.56. The SMILES string of the molecule is CC(CNS(=O)(=O)c1cccnc1CN)N1CCCCC1. The topological polar surface area (TPSA) is 88.3 Å². The number of nitrogens with two attached hydrogens (primary N) is 1. The molecule has 1 saturated heterocycles. The van der Waals surface area contributed by atoms with Gasteiger partial charge >= 0.3 is 0 Å². The summed E-state index contributed by atoms with van der Waals surface area (Å²) in [5.74, 6) is 0. The van der Waals surface area contributed by atoms with Crippen molar-refractivity contribution in [3.63, 3.8) is 0 Å². The molecule has 1 aromatic heterocycles. The summed E-state index contributed by atoms with van der Waals surface area (Å²) < 4.78 is 27.4. The molecular formula is C14H24N4O2S. The van der Waals surface area contributed by atoms with Gasteiger partial charge in [-0.1, -0.05) is 6.42 Å². The van der Waals surface area contributed by atoms with Crippen LogP contribution in [0.4, 0.5) is 0 Å². The molecule has 0 aliphatic carbocycles. The van der Waals surface area contributed by atoms with Gasteiger partial charge in [0.15, 0.2) is 0 Å². The fraction of sp³-hybridized carbons (Fsp3) is 0.643. The summed E-state index contributed by atoms with van der Waals surface area (Å²) in [6, 6.07) is 3.35. The second kappa shape index (κ2) is 7.31. The van der Waals surface area contributed by atoms with E-state index < -0.39 is 10.0 Å². The largest absolute Gasteiger partial charge is 0.325 e. The van der Waals surface area contributed by atoms with Crippen molar-refractivity contribution >= 4 is 10.0 Å². The van der Waals surface area contributed by atoms with Gasteiger partial charge in [-0.2, -0.15) is 0 Å². The summed E-state index contributed by atoms with van der Waals surface area (Å²) in [6.45, 7) is 4.66. The van der Waals surface area contributed by atoms with Crippen LogP contribution in [0.1, 0.15) is 31.9 Å². The van der Waals surface area contributed by atoms with Gasteiger partial charge in [0, 0.05) is 25.3 Å². The Kier molecular flexibility index (Phi) is 5.69. The molecule has 0 aromatic carbocycles. The van der Waals surface area contributed by atoms with Crippen molar-refractivity contribution < 1.29 is 8.42 Å². The van der Waals surface area contributed by atoms with Crippen molar-refractivity contribution in [2.45, 2.75) is 43.7 Å². The van der Waals surface area contributed by atoms with E-state index in [2.05, 4.69) is 21.5 Å². The molecular weight excluding hydrogens is 288 g/mol. The van der Waals surface area contributed by atoms with Gasteiger partial charge in [-0.3, -0.25) is 9.88 Å². The lowest BCUT2D eigenvalue weighted by atomic mass is 10.1. The zero-order valence-corrected chi connectivity index (χ0v) is 13.3. The van der Waals surface area contributed by atoms with E-state index in [9.17, 15) is 8.42 Å². The summed E-state index contributed by atoms with van der Waals surface area (Å²) in [5, 5.41) is 0. The van der Waals surface area contributed by atoms with Crippen LogP contribution in [0.2, 0.25) is 0 Å². The number of nitrogens with zero attached hydrogens (tertiary/aromatic N) is 2. The molecule has 1 aliphatic heterocycles. The van der Waals surface area contributed by atoms with E-state index in [1.165, 1.54) is 19.3 Å². The third-order valence-corrected chi connectivity index (χ3v) is 5.41. The monoisotopic (exact) mass is 312 g/mol. The highest BCUT2D eigenvalue weighted by Crippen LogP contribution is 2.14. The Balaban J connectivity index is 2.00. The molecule has 2 heterocycles. The standard InChI is InChI=1S/C14H24N4O2S/c1-12(18-8-3-2-4-9-18)11-17-21(19,20)14-6-5-7-16-13(14)10-15/h5-7,12,17H,2-4,8-11,15H2,1H3. The molecule has 1 fully saturated rings. The molecule has 1 unspecified atom stereocenters. The average Bonchev–Trinajstić information content (AvgIpc) is 2.53. The number of piperidine rings is 1. The molecule has 6 nitrogen and oxygen atoms in total. The third kappa shape index (κ3) is 4.23. The summed E-state index contributed by atoms with van der Waals surface area (Å²) in [6.07, 6.45) is 5.20. The van der Waals surface area contributed by atoms with Gasteiger partial charge in [0.25, 0.3) is 0 Å².